The Balaban J connectivity index is 1.79. The lowest BCUT2D eigenvalue weighted by Crippen LogP contribution is -2.43. The van der Waals surface area contributed by atoms with Gasteiger partial charge in [0.15, 0.2) is 6.61 Å². The van der Waals surface area contributed by atoms with Gasteiger partial charge in [-0.15, -0.1) is 0 Å². The van der Waals surface area contributed by atoms with Crippen LogP contribution >= 0.6 is 31.9 Å². The molecule has 136 valence electrons. The minimum absolute atomic E-state index is 0.219. The van der Waals surface area contributed by atoms with Gasteiger partial charge in [-0.2, -0.15) is 0 Å². The van der Waals surface area contributed by atoms with Crippen LogP contribution in [0.2, 0.25) is 0 Å². The van der Waals surface area contributed by atoms with E-state index in [9.17, 15) is 9.59 Å². The summed E-state index contributed by atoms with van der Waals surface area (Å²) in [4.78, 5) is 23.6. The molecule has 0 bridgehead atoms. The third kappa shape index (κ3) is 6.31. The van der Waals surface area contributed by atoms with E-state index in [1.54, 1.807) is 6.08 Å². The Morgan fingerprint density at radius 1 is 1.08 bits per heavy atom. The number of hydrogen-bond donors (Lipinski definition) is 2. The average molecular weight is 482 g/mol. The van der Waals surface area contributed by atoms with E-state index in [-0.39, 0.29) is 6.61 Å². The molecule has 0 aliphatic rings. The quantitative estimate of drug-likeness (QED) is 0.499. The van der Waals surface area contributed by atoms with Gasteiger partial charge in [0, 0.05) is 10.5 Å². The lowest BCUT2D eigenvalue weighted by atomic mass is 10.1. The van der Waals surface area contributed by atoms with Crippen molar-refractivity contribution < 1.29 is 14.3 Å². The number of amides is 2. The van der Waals surface area contributed by atoms with Crippen molar-refractivity contribution in [2.45, 2.75) is 13.8 Å². The molecule has 0 saturated carbocycles. The highest BCUT2D eigenvalue weighted by atomic mass is 79.9. The normalized spacial score (nSPS) is 10.6. The van der Waals surface area contributed by atoms with Gasteiger partial charge in [-0.3, -0.25) is 20.4 Å². The molecule has 7 heteroatoms. The minimum atomic E-state index is -0.462. The van der Waals surface area contributed by atoms with E-state index in [0.717, 1.165) is 25.6 Å². The van der Waals surface area contributed by atoms with Crippen molar-refractivity contribution in [3.63, 3.8) is 0 Å². The molecule has 2 amide bonds. The van der Waals surface area contributed by atoms with Crippen molar-refractivity contribution in [2.24, 2.45) is 0 Å². The monoisotopic (exact) mass is 480 g/mol. The number of carbonyl (C=O) groups is 2. The fourth-order valence-corrected chi connectivity index (χ4v) is 3.62. The number of hydrazine groups is 1. The number of hydrogen-bond acceptors (Lipinski definition) is 3. The molecule has 0 atom stereocenters. The number of rotatable bonds is 5. The van der Waals surface area contributed by atoms with Crippen LogP contribution in [0.5, 0.6) is 5.75 Å². The Hall–Kier alpha value is -2.12. The summed E-state index contributed by atoms with van der Waals surface area (Å²) in [7, 11) is 0. The van der Waals surface area contributed by atoms with Crippen LogP contribution in [0.3, 0.4) is 0 Å². The Bertz CT molecular complexity index is 810. The van der Waals surface area contributed by atoms with Crippen LogP contribution in [0, 0.1) is 13.8 Å². The number of ether oxygens (including phenoxy) is 1. The SMILES string of the molecule is Cc1ccc(/C=C/C(=O)NNC(=O)COc2c(C)cc(Br)cc2Br)cc1. The molecule has 2 rings (SSSR count). The second-order valence-electron chi connectivity index (χ2n) is 5.60. The highest BCUT2D eigenvalue weighted by Gasteiger charge is 2.10. The van der Waals surface area contributed by atoms with Crippen molar-refractivity contribution in [1.29, 1.82) is 0 Å². The lowest BCUT2D eigenvalue weighted by molar-refractivity contribution is -0.128. The first-order chi connectivity index (χ1) is 12.3. The largest absolute Gasteiger partial charge is 0.482 e. The summed E-state index contributed by atoms with van der Waals surface area (Å²) in [5.74, 6) is -0.315. The van der Waals surface area contributed by atoms with Crippen LogP contribution in [-0.4, -0.2) is 18.4 Å². The first-order valence-electron chi connectivity index (χ1n) is 7.77. The number of aryl methyl sites for hydroxylation is 2. The number of nitrogens with one attached hydrogen (secondary N) is 2. The van der Waals surface area contributed by atoms with E-state index in [1.807, 2.05) is 50.2 Å². The Morgan fingerprint density at radius 3 is 2.42 bits per heavy atom. The summed E-state index contributed by atoms with van der Waals surface area (Å²) < 4.78 is 7.15. The van der Waals surface area contributed by atoms with Crippen molar-refractivity contribution >= 4 is 49.8 Å². The predicted octanol–water partition coefficient (Wildman–Crippen LogP) is 4.07. The molecule has 2 aromatic rings. The number of benzene rings is 2. The van der Waals surface area contributed by atoms with Gasteiger partial charge in [0.2, 0.25) is 0 Å². The van der Waals surface area contributed by atoms with Crippen molar-refractivity contribution in [3.8, 4) is 5.75 Å². The van der Waals surface area contributed by atoms with E-state index in [1.165, 1.54) is 6.08 Å². The molecule has 26 heavy (non-hydrogen) atoms. The van der Waals surface area contributed by atoms with Crippen LogP contribution in [0.4, 0.5) is 0 Å². The van der Waals surface area contributed by atoms with Crippen molar-refractivity contribution in [1.82, 2.24) is 10.9 Å². The molecule has 0 saturated heterocycles. The molecule has 0 aromatic heterocycles. The molecule has 0 aliphatic heterocycles. The van der Waals surface area contributed by atoms with Crippen LogP contribution in [-0.2, 0) is 9.59 Å². The second kappa shape index (κ2) is 9.54. The van der Waals surface area contributed by atoms with Gasteiger partial charge in [0.25, 0.3) is 11.8 Å². The third-order valence-corrected chi connectivity index (χ3v) is 4.42. The van der Waals surface area contributed by atoms with Crippen molar-refractivity contribution in [3.05, 3.63) is 68.1 Å². The standard InChI is InChI=1S/C19H18Br2N2O3/c1-12-3-5-14(6-4-12)7-8-17(24)22-23-18(25)11-26-19-13(2)9-15(20)10-16(19)21/h3-10H,11H2,1-2H3,(H,22,24)(H,23,25)/b8-7+. The second-order valence-corrected chi connectivity index (χ2v) is 7.37. The third-order valence-electron chi connectivity index (χ3n) is 3.37. The van der Waals surface area contributed by atoms with Gasteiger partial charge in [0.05, 0.1) is 4.47 Å². The Morgan fingerprint density at radius 2 is 1.77 bits per heavy atom. The molecule has 5 nitrogen and oxygen atoms in total. The molecular formula is C19H18Br2N2O3. The fourth-order valence-electron chi connectivity index (χ4n) is 2.07. The minimum Gasteiger partial charge on any atom is -0.482 e. The molecule has 0 heterocycles. The average Bonchev–Trinajstić information content (AvgIpc) is 2.58. The smallest absolute Gasteiger partial charge is 0.276 e. The molecule has 0 radical (unpaired) electrons. The molecule has 2 aromatic carbocycles. The zero-order valence-corrected chi connectivity index (χ0v) is 17.5. The summed E-state index contributed by atoms with van der Waals surface area (Å²) in [6.45, 7) is 3.65. The van der Waals surface area contributed by atoms with Crippen LogP contribution in [0.25, 0.3) is 6.08 Å². The number of halogens is 2. The molecule has 0 unspecified atom stereocenters. The predicted molar refractivity (Wildman–Crippen MR) is 109 cm³/mol. The summed E-state index contributed by atoms with van der Waals surface area (Å²) in [6.07, 6.45) is 3.01. The van der Waals surface area contributed by atoms with Crippen LogP contribution < -0.4 is 15.6 Å². The van der Waals surface area contributed by atoms with E-state index in [0.29, 0.717) is 5.75 Å². The zero-order chi connectivity index (χ0) is 19.1. The zero-order valence-electron chi connectivity index (χ0n) is 14.3. The summed E-state index contributed by atoms with van der Waals surface area (Å²) in [5.41, 5.74) is 7.55. The van der Waals surface area contributed by atoms with E-state index >= 15 is 0 Å². The molecular weight excluding hydrogens is 464 g/mol. The lowest BCUT2D eigenvalue weighted by Gasteiger charge is -2.12. The van der Waals surface area contributed by atoms with E-state index in [4.69, 9.17) is 4.74 Å². The van der Waals surface area contributed by atoms with Crippen LogP contribution in [0.1, 0.15) is 16.7 Å². The molecule has 0 fully saturated rings. The van der Waals surface area contributed by atoms with Crippen LogP contribution in [0.15, 0.2) is 51.4 Å². The summed E-state index contributed by atoms with van der Waals surface area (Å²) in [6, 6.07) is 11.4. The van der Waals surface area contributed by atoms with E-state index < -0.39 is 11.8 Å². The Labute approximate surface area is 169 Å². The fraction of sp³-hybridized carbons (Fsp3) is 0.158. The molecule has 0 aliphatic carbocycles. The topological polar surface area (TPSA) is 67.4 Å². The first-order valence-corrected chi connectivity index (χ1v) is 9.36. The van der Waals surface area contributed by atoms with Gasteiger partial charge < -0.3 is 4.74 Å². The van der Waals surface area contributed by atoms with Gasteiger partial charge in [-0.1, -0.05) is 45.8 Å². The summed E-state index contributed by atoms with van der Waals surface area (Å²) >= 11 is 6.78. The highest BCUT2D eigenvalue weighted by molar-refractivity contribution is 9.11. The van der Waals surface area contributed by atoms with Gasteiger partial charge in [-0.05, 0) is 59.1 Å². The maximum absolute atomic E-state index is 11.8. The van der Waals surface area contributed by atoms with Gasteiger partial charge in [0.1, 0.15) is 5.75 Å². The highest BCUT2D eigenvalue weighted by Crippen LogP contribution is 2.32. The first kappa shape index (κ1) is 20.2. The van der Waals surface area contributed by atoms with Gasteiger partial charge in [-0.25, -0.2) is 0 Å². The number of carbonyl (C=O) groups excluding carboxylic acids is 2. The molecule has 0 spiro atoms. The maximum Gasteiger partial charge on any atom is 0.276 e. The maximum atomic E-state index is 11.8. The van der Waals surface area contributed by atoms with Crippen molar-refractivity contribution in [2.75, 3.05) is 6.61 Å². The van der Waals surface area contributed by atoms with Gasteiger partial charge >= 0.3 is 0 Å². The van der Waals surface area contributed by atoms with E-state index in [2.05, 4.69) is 42.7 Å². The molecule has 2 N–H and O–H groups in total. The summed E-state index contributed by atoms with van der Waals surface area (Å²) in [5, 5.41) is 0. The Kier molecular flexibility index (Phi) is 7.41.